The number of phenolic OH excluding ortho intramolecular Hbond substituents is 1. The predicted octanol–water partition coefficient (Wildman–Crippen LogP) is 1.40. The molecule has 0 radical (unpaired) electrons. The molecule has 0 aromatic heterocycles. The Kier molecular flexibility index (Phi) is 5.10. The zero-order chi connectivity index (χ0) is 9.14. The molecular formula is C8H10Cl2O3. The molecule has 5 heteroatoms. The van der Waals surface area contributed by atoms with Crippen LogP contribution in [0, 0.1) is 0 Å². The summed E-state index contributed by atoms with van der Waals surface area (Å²) in [5, 5.41) is 26.9. The third-order valence-corrected chi connectivity index (χ3v) is 1.73. The third kappa shape index (κ3) is 3.40. The second-order valence-corrected chi connectivity index (χ2v) is 2.86. The van der Waals surface area contributed by atoms with Gasteiger partial charge >= 0.3 is 0 Å². The van der Waals surface area contributed by atoms with Crippen molar-refractivity contribution < 1.29 is 15.3 Å². The van der Waals surface area contributed by atoms with E-state index in [-0.39, 0.29) is 18.2 Å². The quantitative estimate of drug-likeness (QED) is 0.666. The van der Waals surface area contributed by atoms with Crippen molar-refractivity contribution >= 4 is 24.0 Å². The maximum absolute atomic E-state index is 9.23. The van der Waals surface area contributed by atoms with Gasteiger partial charge in [0.05, 0.1) is 0 Å². The molecule has 74 valence electrons. The number of benzene rings is 1. The van der Waals surface area contributed by atoms with Gasteiger partial charge in [-0.2, -0.15) is 0 Å². The summed E-state index contributed by atoms with van der Waals surface area (Å²) in [4.78, 5) is 0. The van der Waals surface area contributed by atoms with E-state index in [0.717, 1.165) is 0 Å². The number of halogens is 2. The largest absolute Gasteiger partial charge is 0.508 e. The monoisotopic (exact) mass is 224 g/mol. The molecule has 3 N–H and O–H groups in total. The Hall–Kier alpha value is -0.480. The van der Waals surface area contributed by atoms with Crippen LogP contribution in [-0.4, -0.2) is 20.9 Å². The predicted molar refractivity (Wildman–Crippen MR) is 52.2 cm³/mol. The van der Waals surface area contributed by atoms with Gasteiger partial charge in [0.15, 0.2) is 5.56 Å². The van der Waals surface area contributed by atoms with Crippen molar-refractivity contribution in [2.45, 2.75) is 11.7 Å². The smallest absolute Gasteiger partial charge is 0.157 e. The van der Waals surface area contributed by atoms with Gasteiger partial charge in [0.2, 0.25) is 0 Å². The van der Waals surface area contributed by atoms with E-state index in [1.807, 2.05) is 0 Å². The van der Waals surface area contributed by atoms with Crippen LogP contribution in [0.1, 0.15) is 11.7 Å². The van der Waals surface area contributed by atoms with E-state index in [2.05, 4.69) is 0 Å². The number of aliphatic hydroxyl groups excluding tert-OH is 2. The minimum absolute atomic E-state index is 0. The lowest BCUT2D eigenvalue weighted by atomic mass is 10.1. The zero-order valence-electron chi connectivity index (χ0n) is 6.59. The van der Waals surface area contributed by atoms with Gasteiger partial charge in [-0.3, -0.25) is 0 Å². The summed E-state index contributed by atoms with van der Waals surface area (Å²) in [6, 6.07) is 5.81. The highest BCUT2D eigenvalue weighted by Crippen LogP contribution is 2.20. The van der Waals surface area contributed by atoms with Crippen molar-refractivity contribution in [1.29, 1.82) is 0 Å². The van der Waals surface area contributed by atoms with Gasteiger partial charge in [-0.1, -0.05) is 23.7 Å². The number of aliphatic hydroxyl groups is 2. The van der Waals surface area contributed by atoms with E-state index >= 15 is 0 Å². The minimum atomic E-state index is -1.32. The van der Waals surface area contributed by atoms with E-state index in [1.165, 1.54) is 24.3 Å². The third-order valence-electron chi connectivity index (χ3n) is 1.50. The van der Waals surface area contributed by atoms with Crippen molar-refractivity contribution in [2.24, 2.45) is 0 Å². The molecule has 0 bridgehead atoms. The molecule has 2 atom stereocenters. The fraction of sp³-hybridized carbons (Fsp3) is 0.250. The lowest BCUT2D eigenvalue weighted by Gasteiger charge is -2.11. The SMILES string of the molecule is Cl.Oc1ccc(C(O)C(O)Cl)cc1. The summed E-state index contributed by atoms with van der Waals surface area (Å²) >= 11 is 5.25. The summed E-state index contributed by atoms with van der Waals surface area (Å²) in [5.41, 5.74) is -0.857. The van der Waals surface area contributed by atoms with E-state index in [4.69, 9.17) is 21.8 Å². The molecule has 0 aliphatic heterocycles. The van der Waals surface area contributed by atoms with E-state index in [1.54, 1.807) is 0 Å². The van der Waals surface area contributed by atoms with Gasteiger partial charge in [0, 0.05) is 0 Å². The highest BCUT2D eigenvalue weighted by atomic mass is 35.5. The van der Waals surface area contributed by atoms with Crippen molar-refractivity contribution in [1.82, 2.24) is 0 Å². The molecule has 2 unspecified atom stereocenters. The standard InChI is InChI=1S/C8H9ClO3.ClH/c9-8(12)7(11)5-1-3-6(10)4-2-5;/h1-4,7-8,10-12H;1H. The highest BCUT2D eigenvalue weighted by Gasteiger charge is 2.14. The molecule has 0 saturated heterocycles. The first-order valence-electron chi connectivity index (χ1n) is 3.40. The topological polar surface area (TPSA) is 60.7 Å². The Morgan fingerprint density at radius 2 is 1.54 bits per heavy atom. The summed E-state index contributed by atoms with van der Waals surface area (Å²) in [6.45, 7) is 0. The first-order chi connectivity index (χ1) is 5.61. The fourth-order valence-electron chi connectivity index (χ4n) is 0.830. The summed E-state index contributed by atoms with van der Waals surface area (Å²) in [5.74, 6) is 0.106. The van der Waals surface area contributed by atoms with Crippen LogP contribution >= 0.6 is 24.0 Å². The van der Waals surface area contributed by atoms with E-state index in [0.29, 0.717) is 5.56 Å². The number of alkyl halides is 1. The van der Waals surface area contributed by atoms with Crippen LogP contribution in [0.4, 0.5) is 0 Å². The number of phenols is 1. The molecule has 0 spiro atoms. The van der Waals surface area contributed by atoms with Gasteiger partial charge in [-0.15, -0.1) is 12.4 Å². The summed E-state index contributed by atoms with van der Waals surface area (Å²) < 4.78 is 0. The fourth-order valence-corrected chi connectivity index (χ4v) is 0.976. The highest BCUT2D eigenvalue weighted by molar-refractivity contribution is 6.19. The number of hydrogen-bond acceptors (Lipinski definition) is 3. The Morgan fingerprint density at radius 1 is 1.08 bits per heavy atom. The Morgan fingerprint density at radius 3 is 1.92 bits per heavy atom. The maximum atomic E-state index is 9.23. The Bertz CT molecular complexity index is 248. The first kappa shape index (κ1) is 12.5. The molecule has 0 aliphatic carbocycles. The van der Waals surface area contributed by atoms with Crippen LogP contribution in [0.25, 0.3) is 0 Å². The summed E-state index contributed by atoms with van der Waals surface area (Å²) in [6.07, 6.45) is -1.12. The van der Waals surface area contributed by atoms with Crippen LogP contribution in [0.15, 0.2) is 24.3 Å². The molecule has 0 saturated carbocycles. The van der Waals surface area contributed by atoms with Crippen LogP contribution in [-0.2, 0) is 0 Å². The lowest BCUT2D eigenvalue weighted by molar-refractivity contribution is 0.0687. The van der Waals surface area contributed by atoms with E-state index in [9.17, 15) is 5.11 Å². The Balaban J connectivity index is 0.00000144. The average Bonchev–Trinajstić information content (AvgIpc) is 2.04. The molecule has 1 aromatic carbocycles. The van der Waals surface area contributed by atoms with Gasteiger partial charge in [0.25, 0.3) is 0 Å². The van der Waals surface area contributed by atoms with Crippen molar-refractivity contribution in [2.75, 3.05) is 0 Å². The van der Waals surface area contributed by atoms with Crippen LogP contribution < -0.4 is 0 Å². The molecule has 13 heavy (non-hydrogen) atoms. The zero-order valence-corrected chi connectivity index (χ0v) is 8.16. The molecule has 1 rings (SSSR count). The number of rotatable bonds is 2. The molecule has 3 nitrogen and oxygen atoms in total. The molecular weight excluding hydrogens is 215 g/mol. The molecule has 1 aromatic rings. The van der Waals surface area contributed by atoms with Crippen molar-refractivity contribution in [3.8, 4) is 5.75 Å². The van der Waals surface area contributed by atoms with Crippen LogP contribution in [0.2, 0.25) is 0 Å². The van der Waals surface area contributed by atoms with Crippen molar-refractivity contribution in [3.05, 3.63) is 29.8 Å². The number of hydrogen-bond donors (Lipinski definition) is 3. The van der Waals surface area contributed by atoms with Crippen molar-refractivity contribution in [3.63, 3.8) is 0 Å². The average molecular weight is 225 g/mol. The van der Waals surface area contributed by atoms with Gasteiger partial charge in [0.1, 0.15) is 11.9 Å². The number of aromatic hydroxyl groups is 1. The molecule has 0 fully saturated rings. The molecule has 0 aliphatic rings. The molecule has 0 heterocycles. The van der Waals surface area contributed by atoms with Crippen LogP contribution in [0.5, 0.6) is 5.75 Å². The second kappa shape index (κ2) is 5.29. The Labute approximate surface area is 87.0 Å². The van der Waals surface area contributed by atoms with Crippen LogP contribution in [0.3, 0.4) is 0 Å². The minimum Gasteiger partial charge on any atom is -0.508 e. The lowest BCUT2D eigenvalue weighted by Crippen LogP contribution is -2.10. The normalized spacial score (nSPS) is 14.4. The first-order valence-corrected chi connectivity index (χ1v) is 3.84. The van der Waals surface area contributed by atoms with Gasteiger partial charge < -0.3 is 15.3 Å². The maximum Gasteiger partial charge on any atom is 0.157 e. The van der Waals surface area contributed by atoms with Gasteiger partial charge in [-0.25, -0.2) is 0 Å². The second-order valence-electron chi connectivity index (χ2n) is 2.41. The van der Waals surface area contributed by atoms with E-state index < -0.39 is 11.7 Å². The molecule has 0 amide bonds. The summed E-state index contributed by atoms with van der Waals surface area (Å²) in [7, 11) is 0. The van der Waals surface area contributed by atoms with Gasteiger partial charge in [-0.05, 0) is 17.7 Å².